The van der Waals surface area contributed by atoms with Crippen molar-refractivity contribution in [3.05, 3.63) is 82.0 Å². The van der Waals surface area contributed by atoms with Crippen LogP contribution < -0.4 is 4.80 Å². The van der Waals surface area contributed by atoms with Gasteiger partial charge in [0.05, 0.1) is 18.5 Å². The maximum Gasteiger partial charge on any atom is 0.206 e. The first kappa shape index (κ1) is 17.9. The second-order valence-corrected chi connectivity index (χ2v) is 6.78. The molecule has 1 N–H and O–H groups in total. The van der Waals surface area contributed by atoms with Crippen molar-refractivity contribution in [1.82, 2.24) is 4.68 Å². The molecule has 3 rings (SSSR count). The maximum atomic E-state index is 9.97. The van der Waals surface area contributed by atoms with Crippen molar-refractivity contribution >= 4 is 17.6 Å². The summed E-state index contributed by atoms with van der Waals surface area (Å²) in [6.45, 7) is 8.45. The highest BCUT2D eigenvalue weighted by atomic mass is 32.1. The van der Waals surface area contributed by atoms with Crippen LogP contribution in [0.25, 0.3) is 11.3 Å². The average Bonchev–Trinajstić information content (AvgIpc) is 3.04. The van der Waals surface area contributed by atoms with E-state index in [0.29, 0.717) is 12.1 Å². The molecule has 0 aliphatic carbocycles. The Morgan fingerprint density at radius 3 is 2.69 bits per heavy atom. The van der Waals surface area contributed by atoms with Crippen LogP contribution >= 0.6 is 11.3 Å². The molecule has 3 aromatic rings. The number of hydrogen-bond donors (Lipinski definition) is 1. The van der Waals surface area contributed by atoms with Gasteiger partial charge in [0.15, 0.2) is 0 Å². The molecule has 26 heavy (non-hydrogen) atoms. The van der Waals surface area contributed by atoms with E-state index in [0.717, 1.165) is 16.1 Å². The van der Waals surface area contributed by atoms with Crippen molar-refractivity contribution in [3.8, 4) is 17.0 Å². The van der Waals surface area contributed by atoms with E-state index in [-0.39, 0.29) is 5.75 Å². The number of aromatic nitrogens is 1. The Morgan fingerprint density at radius 2 is 1.96 bits per heavy atom. The molecule has 132 valence electrons. The molecule has 0 fully saturated rings. The third kappa shape index (κ3) is 3.83. The zero-order valence-electron chi connectivity index (χ0n) is 14.9. The van der Waals surface area contributed by atoms with Gasteiger partial charge in [0.25, 0.3) is 0 Å². The van der Waals surface area contributed by atoms with E-state index in [2.05, 4.69) is 48.7 Å². The third-order valence-electron chi connectivity index (χ3n) is 4.09. The second-order valence-electron chi connectivity index (χ2n) is 5.95. The largest absolute Gasteiger partial charge is 0.507 e. The van der Waals surface area contributed by atoms with Crippen molar-refractivity contribution in [2.75, 3.05) is 6.54 Å². The Labute approximate surface area is 157 Å². The molecule has 4 nitrogen and oxygen atoms in total. The molecule has 0 aliphatic rings. The summed E-state index contributed by atoms with van der Waals surface area (Å²) in [5.41, 5.74) is 5.19. The lowest BCUT2D eigenvalue weighted by atomic mass is 10.1. The monoisotopic (exact) mass is 363 g/mol. The average molecular weight is 363 g/mol. The van der Waals surface area contributed by atoms with Crippen molar-refractivity contribution in [2.45, 2.75) is 13.8 Å². The predicted octanol–water partition coefficient (Wildman–Crippen LogP) is 4.51. The van der Waals surface area contributed by atoms with Crippen LogP contribution in [0.3, 0.4) is 0 Å². The van der Waals surface area contributed by atoms with Gasteiger partial charge in [-0.05, 0) is 43.2 Å². The number of benzene rings is 2. The van der Waals surface area contributed by atoms with Gasteiger partial charge in [-0.3, -0.25) is 4.99 Å². The van der Waals surface area contributed by atoms with Gasteiger partial charge < -0.3 is 5.11 Å². The Kier molecular flexibility index (Phi) is 5.49. The van der Waals surface area contributed by atoms with Crippen LogP contribution in [0.1, 0.15) is 16.7 Å². The molecule has 0 spiro atoms. The lowest BCUT2D eigenvalue weighted by Gasteiger charge is -2.06. The van der Waals surface area contributed by atoms with Crippen LogP contribution in [0.15, 0.2) is 70.6 Å². The Balaban J connectivity index is 2.11. The fraction of sp³-hybridized carbons (Fsp3) is 0.143. The molecular formula is C21H21N3OS. The summed E-state index contributed by atoms with van der Waals surface area (Å²) >= 11 is 1.53. The number of nitrogens with zero attached hydrogens (tertiary/aromatic N) is 3. The van der Waals surface area contributed by atoms with Gasteiger partial charge in [-0.1, -0.05) is 30.3 Å². The molecule has 0 aliphatic heterocycles. The first-order valence-electron chi connectivity index (χ1n) is 8.32. The molecule has 0 saturated carbocycles. The summed E-state index contributed by atoms with van der Waals surface area (Å²) in [7, 11) is 0. The normalized spacial score (nSPS) is 12.0. The van der Waals surface area contributed by atoms with E-state index in [4.69, 9.17) is 0 Å². The number of phenols is 1. The van der Waals surface area contributed by atoms with Crippen LogP contribution in [-0.2, 0) is 0 Å². The Morgan fingerprint density at radius 1 is 1.15 bits per heavy atom. The second kappa shape index (κ2) is 7.97. The van der Waals surface area contributed by atoms with E-state index < -0.39 is 0 Å². The van der Waals surface area contributed by atoms with E-state index in [1.807, 2.05) is 22.2 Å². The van der Waals surface area contributed by atoms with E-state index in [9.17, 15) is 5.11 Å². The summed E-state index contributed by atoms with van der Waals surface area (Å²) in [5.74, 6) is 0.199. The molecule has 0 amide bonds. The van der Waals surface area contributed by atoms with Crippen molar-refractivity contribution < 1.29 is 5.11 Å². The number of aromatic hydroxyl groups is 1. The summed E-state index contributed by atoms with van der Waals surface area (Å²) in [6, 6.07) is 13.5. The quantitative estimate of drug-likeness (QED) is 0.526. The van der Waals surface area contributed by atoms with Gasteiger partial charge in [-0.2, -0.15) is 5.10 Å². The minimum atomic E-state index is 0.199. The third-order valence-corrected chi connectivity index (χ3v) is 4.95. The van der Waals surface area contributed by atoms with Crippen LogP contribution in [0.5, 0.6) is 5.75 Å². The molecule has 0 saturated heterocycles. The first-order chi connectivity index (χ1) is 12.6. The lowest BCUT2D eigenvalue weighted by molar-refractivity contribution is 0.474. The summed E-state index contributed by atoms with van der Waals surface area (Å²) in [5, 5.41) is 16.6. The van der Waals surface area contributed by atoms with Crippen LogP contribution in [0.4, 0.5) is 0 Å². The van der Waals surface area contributed by atoms with Gasteiger partial charge in [0.1, 0.15) is 5.75 Å². The van der Waals surface area contributed by atoms with Gasteiger partial charge in [-0.15, -0.1) is 17.9 Å². The molecule has 0 bridgehead atoms. The van der Waals surface area contributed by atoms with Crippen molar-refractivity contribution in [1.29, 1.82) is 0 Å². The Bertz CT molecular complexity index is 1030. The topological polar surface area (TPSA) is 49.9 Å². The highest BCUT2D eigenvalue weighted by molar-refractivity contribution is 7.07. The minimum Gasteiger partial charge on any atom is -0.507 e. The van der Waals surface area contributed by atoms with E-state index in [1.165, 1.54) is 22.5 Å². The van der Waals surface area contributed by atoms with Crippen LogP contribution in [-0.4, -0.2) is 22.5 Å². The van der Waals surface area contributed by atoms with Crippen molar-refractivity contribution in [2.24, 2.45) is 10.1 Å². The highest BCUT2D eigenvalue weighted by Crippen LogP contribution is 2.23. The minimum absolute atomic E-state index is 0.199. The first-order valence-corrected chi connectivity index (χ1v) is 9.20. The Hall–Kier alpha value is -2.92. The van der Waals surface area contributed by atoms with E-state index in [1.54, 1.807) is 24.4 Å². The van der Waals surface area contributed by atoms with E-state index >= 15 is 0 Å². The number of phenolic OH excluding ortho intramolecular Hbond substituents is 1. The lowest BCUT2D eigenvalue weighted by Crippen LogP contribution is -2.12. The molecule has 1 heterocycles. The zero-order chi connectivity index (χ0) is 18.5. The standard InChI is InChI=1S/C21H21N3OS/c1-4-11-22-21-24(23-13-18-7-5-6-8-20(18)25)19(14-26-21)17-10-9-15(2)16(3)12-17/h4-10,12-14,25H,1,11H2,2-3H3. The number of aryl methyl sites for hydroxylation is 2. The number of hydrogen-bond acceptors (Lipinski definition) is 4. The van der Waals surface area contributed by atoms with Crippen molar-refractivity contribution in [3.63, 3.8) is 0 Å². The molecule has 2 aromatic carbocycles. The number of para-hydroxylation sites is 1. The number of thiazole rings is 1. The molecule has 0 radical (unpaired) electrons. The highest BCUT2D eigenvalue weighted by Gasteiger charge is 2.08. The molecular weight excluding hydrogens is 342 g/mol. The smallest absolute Gasteiger partial charge is 0.206 e. The van der Waals surface area contributed by atoms with Gasteiger partial charge in [0, 0.05) is 16.5 Å². The fourth-order valence-electron chi connectivity index (χ4n) is 2.48. The summed E-state index contributed by atoms with van der Waals surface area (Å²) < 4.78 is 1.81. The maximum absolute atomic E-state index is 9.97. The number of rotatable bonds is 5. The predicted molar refractivity (Wildman–Crippen MR) is 109 cm³/mol. The SMILES string of the molecule is C=CCN=c1scc(-c2ccc(C)c(C)c2)n1N=Cc1ccccc1O. The fourth-order valence-corrected chi connectivity index (χ4v) is 3.32. The van der Waals surface area contributed by atoms with Gasteiger partial charge in [-0.25, -0.2) is 4.68 Å². The summed E-state index contributed by atoms with van der Waals surface area (Å²) in [4.78, 5) is 5.31. The van der Waals surface area contributed by atoms with Gasteiger partial charge >= 0.3 is 0 Å². The summed E-state index contributed by atoms with van der Waals surface area (Å²) in [6.07, 6.45) is 3.41. The van der Waals surface area contributed by atoms with Crippen LogP contribution in [0, 0.1) is 13.8 Å². The van der Waals surface area contributed by atoms with Crippen LogP contribution in [0.2, 0.25) is 0 Å². The zero-order valence-corrected chi connectivity index (χ0v) is 15.7. The molecule has 1 aromatic heterocycles. The molecule has 5 heteroatoms. The molecule has 0 unspecified atom stereocenters. The molecule has 0 atom stereocenters. The van der Waals surface area contributed by atoms with Gasteiger partial charge in [0.2, 0.25) is 4.80 Å².